The summed E-state index contributed by atoms with van der Waals surface area (Å²) in [5.41, 5.74) is 3.17. The van der Waals surface area contributed by atoms with Crippen molar-refractivity contribution in [1.82, 2.24) is 15.2 Å². The molecule has 7 nitrogen and oxygen atoms in total. The maximum absolute atomic E-state index is 12.9. The van der Waals surface area contributed by atoms with Crippen LogP contribution in [0.5, 0.6) is 0 Å². The van der Waals surface area contributed by atoms with Gasteiger partial charge in [0.25, 0.3) is 5.91 Å². The van der Waals surface area contributed by atoms with Gasteiger partial charge in [-0.1, -0.05) is 35.0 Å². The lowest BCUT2D eigenvalue weighted by Crippen LogP contribution is -2.48. The van der Waals surface area contributed by atoms with E-state index >= 15 is 0 Å². The van der Waals surface area contributed by atoms with E-state index in [0.29, 0.717) is 35.6 Å². The average molecular weight is 425 g/mol. The first-order valence-electron chi connectivity index (χ1n) is 9.62. The van der Waals surface area contributed by atoms with E-state index in [-0.39, 0.29) is 11.0 Å². The highest BCUT2D eigenvalue weighted by Crippen LogP contribution is 2.14. The zero-order valence-electron chi connectivity index (χ0n) is 16.2. The number of nitrogens with zero attached hydrogens (tertiary/aromatic N) is 2. The molecule has 0 bridgehead atoms. The molecular formula is C22H21ClN4O3. The van der Waals surface area contributed by atoms with Gasteiger partial charge in [0, 0.05) is 48.3 Å². The molecule has 1 aliphatic rings. The lowest BCUT2D eigenvalue weighted by molar-refractivity contribution is 0.0949. The van der Waals surface area contributed by atoms with Gasteiger partial charge in [0.15, 0.2) is 0 Å². The SMILES string of the molecule is O=C(NCc1ccc(Cl)cc1)c1c[nH]c2ccc(CCN3CC(=NO)C3)cc2c1=O. The number of rotatable bonds is 6. The van der Waals surface area contributed by atoms with Crippen molar-refractivity contribution in [2.75, 3.05) is 19.6 Å². The number of carbonyl (C=O) groups is 1. The number of aromatic nitrogens is 1. The molecule has 3 N–H and O–H groups in total. The number of hydrogen-bond acceptors (Lipinski definition) is 5. The van der Waals surface area contributed by atoms with E-state index in [4.69, 9.17) is 16.8 Å². The molecular weight excluding hydrogens is 404 g/mol. The number of hydrogen-bond donors (Lipinski definition) is 3. The first-order valence-corrected chi connectivity index (χ1v) is 10.0. The van der Waals surface area contributed by atoms with E-state index in [0.717, 1.165) is 29.8 Å². The summed E-state index contributed by atoms with van der Waals surface area (Å²) in [6.07, 6.45) is 2.22. The third-order valence-corrected chi connectivity index (χ3v) is 5.48. The van der Waals surface area contributed by atoms with Crippen LogP contribution >= 0.6 is 11.6 Å². The number of oxime groups is 1. The summed E-state index contributed by atoms with van der Waals surface area (Å²) in [7, 11) is 0. The molecule has 1 amide bonds. The smallest absolute Gasteiger partial charge is 0.257 e. The third kappa shape index (κ3) is 4.37. The summed E-state index contributed by atoms with van der Waals surface area (Å²) < 4.78 is 0. The topological polar surface area (TPSA) is 97.8 Å². The highest BCUT2D eigenvalue weighted by molar-refractivity contribution is 6.30. The molecule has 0 atom stereocenters. The summed E-state index contributed by atoms with van der Waals surface area (Å²) in [5, 5.41) is 15.8. The normalized spacial score (nSPS) is 13.8. The third-order valence-electron chi connectivity index (χ3n) is 5.23. The predicted molar refractivity (Wildman–Crippen MR) is 117 cm³/mol. The van der Waals surface area contributed by atoms with Crippen molar-refractivity contribution in [3.63, 3.8) is 0 Å². The number of likely N-dealkylation sites (tertiary alicyclic amines) is 1. The predicted octanol–water partition coefficient (Wildman–Crippen LogP) is 2.80. The Balaban J connectivity index is 1.47. The molecule has 0 unspecified atom stereocenters. The van der Waals surface area contributed by atoms with Gasteiger partial charge in [-0.05, 0) is 41.8 Å². The van der Waals surface area contributed by atoms with E-state index in [2.05, 4.69) is 20.4 Å². The van der Waals surface area contributed by atoms with E-state index < -0.39 is 5.91 Å². The van der Waals surface area contributed by atoms with Gasteiger partial charge in [-0.3, -0.25) is 14.5 Å². The van der Waals surface area contributed by atoms with Crippen LogP contribution in [0.25, 0.3) is 10.9 Å². The van der Waals surface area contributed by atoms with Crippen LogP contribution < -0.4 is 10.7 Å². The van der Waals surface area contributed by atoms with Crippen LogP contribution in [0, 0.1) is 0 Å². The van der Waals surface area contributed by atoms with Crippen molar-refractivity contribution in [3.8, 4) is 0 Å². The van der Waals surface area contributed by atoms with Crippen molar-refractivity contribution in [2.45, 2.75) is 13.0 Å². The van der Waals surface area contributed by atoms with Gasteiger partial charge in [0.1, 0.15) is 5.56 Å². The molecule has 154 valence electrons. The molecule has 2 aromatic carbocycles. The first kappa shape index (κ1) is 20.1. The molecule has 1 aliphatic heterocycles. The Hall–Kier alpha value is -3.16. The maximum atomic E-state index is 12.9. The second-order valence-electron chi connectivity index (χ2n) is 7.35. The Bertz CT molecular complexity index is 1160. The Morgan fingerprint density at radius 3 is 2.63 bits per heavy atom. The monoisotopic (exact) mass is 424 g/mol. The summed E-state index contributed by atoms with van der Waals surface area (Å²) >= 11 is 5.87. The van der Waals surface area contributed by atoms with Gasteiger partial charge >= 0.3 is 0 Å². The Labute approximate surface area is 178 Å². The number of benzene rings is 2. The fraction of sp³-hybridized carbons (Fsp3) is 0.227. The van der Waals surface area contributed by atoms with Crippen molar-refractivity contribution < 1.29 is 10.0 Å². The maximum Gasteiger partial charge on any atom is 0.257 e. The van der Waals surface area contributed by atoms with Crippen LogP contribution in [0.2, 0.25) is 5.02 Å². The summed E-state index contributed by atoms with van der Waals surface area (Å²) in [6, 6.07) is 12.8. The summed E-state index contributed by atoms with van der Waals surface area (Å²) in [4.78, 5) is 30.7. The molecule has 8 heteroatoms. The van der Waals surface area contributed by atoms with E-state index in [1.54, 1.807) is 12.1 Å². The average Bonchev–Trinajstić information content (AvgIpc) is 2.73. The zero-order valence-corrected chi connectivity index (χ0v) is 16.9. The number of aromatic amines is 1. The molecule has 4 rings (SSSR count). The van der Waals surface area contributed by atoms with E-state index in [1.807, 2.05) is 30.3 Å². The summed E-state index contributed by atoms with van der Waals surface area (Å²) in [6.45, 7) is 2.46. The van der Waals surface area contributed by atoms with Crippen molar-refractivity contribution in [3.05, 3.63) is 80.6 Å². The van der Waals surface area contributed by atoms with E-state index in [9.17, 15) is 9.59 Å². The number of amides is 1. The van der Waals surface area contributed by atoms with Gasteiger partial charge in [-0.15, -0.1) is 0 Å². The Morgan fingerprint density at radius 1 is 1.17 bits per heavy atom. The highest BCUT2D eigenvalue weighted by Gasteiger charge is 2.21. The molecule has 1 aromatic heterocycles. The standard InChI is InChI=1S/C22H21ClN4O3/c23-16-4-1-15(2-5-16)10-25-22(29)19-11-24-20-6-3-14(9-18(20)21(19)28)7-8-27-12-17(13-27)26-30/h1-6,9,11,30H,7-8,10,12-13H2,(H,24,28)(H,25,29). The van der Waals surface area contributed by atoms with Crippen LogP contribution in [-0.2, 0) is 13.0 Å². The second-order valence-corrected chi connectivity index (χ2v) is 7.78. The first-order chi connectivity index (χ1) is 14.5. The number of halogens is 1. The minimum atomic E-state index is -0.421. The van der Waals surface area contributed by atoms with Gasteiger partial charge in [0.05, 0.1) is 5.71 Å². The van der Waals surface area contributed by atoms with Crippen molar-refractivity contribution in [2.24, 2.45) is 5.16 Å². The molecule has 0 saturated carbocycles. The molecule has 30 heavy (non-hydrogen) atoms. The molecule has 0 aliphatic carbocycles. The number of fused-ring (bicyclic) bond motifs is 1. The fourth-order valence-corrected chi connectivity index (χ4v) is 3.57. The molecule has 1 fully saturated rings. The second kappa shape index (κ2) is 8.69. The number of carbonyl (C=O) groups excluding carboxylic acids is 1. The number of H-pyrrole nitrogens is 1. The van der Waals surface area contributed by atoms with Crippen LogP contribution in [0.1, 0.15) is 21.5 Å². The molecule has 3 aromatic rings. The number of pyridine rings is 1. The molecule has 0 radical (unpaired) electrons. The summed E-state index contributed by atoms with van der Waals surface area (Å²) in [5.74, 6) is -0.421. The highest BCUT2D eigenvalue weighted by atomic mass is 35.5. The van der Waals surface area contributed by atoms with Crippen LogP contribution in [0.15, 0.2) is 58.6 Å². The minimum Gasteiger partial charge on any atom is -0.411 e. The van der Waals surface area contributed by atoms with Gasteiger partial charge < -0.3 is 15.5 Å². The minimum absolute atomic E-state index is 0.0835. The molecule has 0 spiro atoms. The molecule has 1 saturated heterocycles. The largest absolute Gasteiger partial charge is 0.411 e. The van der Waals surface area contributed by atoms with Crippen LogP contribution in [0.4, 0.5) is 0 Å². The fourth-order valence-electron chi connectivity index (χ4n) is 3.45. The lowest BCUT2D eigenvalue weighted by atomic mass is 10.0. The number of nitrogens with one attached hydrogen (secondary N) is 2. The molecule has 2 heterocycles. The van der Waals surface area contributed by atoms with Crippen molar-refractivity contribution in [1.29, 1.82) is 0 Å². The van der Waals surface area contributed by atoms with Crippen LogP contribution in [0.3, 0.4) is 0 Å². The quantitative estimate of drug-likeness (QED) is 0.418. The van der Waals surface area contributed by atoms with Gasteiger partial charge in [-0.25, -0.2) is 0 Å². The Morgan fingerprint density at radius 2 is 1.90 bits per heavy atom. The van der Waals surface area contributed by atoms with Gasteiger partial charge in [0.2, 0.25) is 5.43 Å². The van der Waals surface area contributed by atoms with Crippen molar-refractivity contribution >= 4 is 34.1 Å². The zero-order chi connectivity index (χ0) is 21.1. The van der Waals surface area contributed by atoms with E-state index in [1.165, 1.54) is 6.20 Å². The Kier molecular flexibility index (Phi) is 5.83. The lowest BCUT2D eigenvalue weighted by Gasteiger charge is -2.31. The van der Waals surface area contributed by atoms with Crippen LogP contribution in [-0.4, -0.2) is 46.3 Å². The van der Waals surface area contributed by atoms with Gasteiger partial charge in [-0.2, -0.15) is 0 Å².